The number of hydrogen-bond acceptors (Lipinski definition) is 3. The van der Waals surface area contributed by atoms with Crippen molar-refractivity contribution in [2.75, 3.05) is 20.1 Å². The molecule has 2 atom stereocenters. The fraction of sp³-hybridized carbons (Fsp3) is 0.481. The molecular formula is C27H36N2O3. The summed E-state index contributed by atoms with van der Waals surface area (Å²) in [7, 11) is 2.05. The van der Waals surface area contributed by atoms with E-state index in [9.17, 15) is 14.7 Å². The van der Waals surface area contributed by atoms with Crippen LogP contribution in [0.2, 0.25) is 0 Å². The molecule has 1 N–H and O–H groups in total. The molecule has 32 heavy (non-hydrogen) atoms. The largest absolute Gasteiger partial charge is 0.480 e. The Balaban J connectivity index is 1.81. The third kappa shape index (κ3) is 5.98. The molecule has 0 aromatic heterocycles. The molecule has 1 amide bonds. The van der Waals surface area contributed by atoms with Crippen molar-refractivity contribution in [1.29, 1.82) is 0 Å². The van der Waals surface area contributed by atoms with Gasteiger partial charge in [0.25, 0.3) is 0 Å². The zero-order chi connectivity index (χ0) is 23.3. The van der Waals surface area contributed by atoms with Gasteiger partial charge in [0.05, 0.1) is 5.92 Å². The van der Waals surface area contributed by atoms with Gasteiger partial charge in [0.1, 0.15) is 6.04 Å². The Morgan fingerprint density at radius 3 is 2.03 bits per heavy atom. The average Bonchev–Trinajstić information content (AvgIpc) is 3.21. The first-order chi connectivity index (χ1) is 15.2. The van der Waals surface area contributed by atoms with Crippen molar-refractivity contribution in [3.8, 4) is 0 Å². The summed E-state index contributed by atoms with van der Waals surface area (Å²) in [6.07, 6.45) is 2.63. The number of nitrogens with zero attached hydrogens (tertiary/aromatic N) is 2. The molecule has 0 aliphatic carbocycles. The number of carboxylic acid groups (broad SMARTS) is 1. The predicted octanol–water partition coefficient (Wildman–Crippen LogP) is 4.63. The first-order valence-electron chi connectivity index (χ1n) is 11.5. The van der Waals surface area contributed by atoms with Crippen LogP contribution in [0, 0.1) is 5.41 Å². The minimum Gasteiger partial charge on any atom is -0.480 e. The van der Waals surface area contributed by atoms with Gasteiger partial charge >= 0.3 is 5.97 Å². The van der Waals surface area contributed by atoms with Crippen LogP contribution in [0.15, 0.2) is 60.7 Å². The summed E-state index contributed by atoms with van der Waals surface area (Å²) in [4.78, 5) is 29.8. The molecule has 1 aliphatic heterocycles. The SMILES string of the molecule is CN(CCCC(C)(C)C)C1CC(C(=O)O)N(C(=O)C(c2ccccc2)c2ccccc2)C1. The summed E-state index contributed by atoms with van der Waals surface area (Å²) in [5, 5.41) is 9.93. The van der Waals surface area contributed by atoms with Crippen molar-refractivity contribution in [3.05, 3.63) is 71.8 Å². The smallest absolute Gasteiger partial charge is 0.326 e. The van der Waals surface area contributed by atoms with Crippen molar-refractivity contribution in [2.45, 2.75) is 58.0 Å². The van der Waals surface area contributed by atoms with Crippen molar-refractivity contribution >= 4 is 11.9 Å². The highest BCUT2D eigenvalue weighted by molar-refractivity contribution is 5.91. The van der Waals surface area contributed by atoms with Gasteiger partial charge in [-0.3, -0.25) is 4.79 Å². The molecule has 5 heteroatoms. The van der Waals surface area contributed by atoms with Crippen LogP contribution in [0.1, 0.15) is 57.1 Å². The molecule has 1 aliphatic rings. The topological polar surface area (TPSA) is 60.9 Å². The van der Waals surface area contributed by atoms with E-state index < -0.39 is 17.9 Å². The van der Waals surface area contributed by atoms with Gasteiger partial charge in [-0.25, -0.2) is 4.79 Å². The second-order valence-electron chi connectivity index (χ2n) is 10.1. The number of rotatable bonds is 8. The third-order valence-electron chi connectivity index (χ3n) is 6.42. The number of carbonyl (C=O) groups excluding carboxylic acids is 1. The molecule has 0 radical (unpaired) electrons. The number of carbonyl (C=O) groups is 2. The molecule has 3 rings (SSSR count). The van der Waals surface area contributed by atoms with Crippen molar-refractivity contribution < 1.29 is 14.7 Å². The van der Waals surface area contributed by atoms with Crippen LogP contribution in [0.25, 0.3) is 0 Å². The lowest BCUT2D eigenvalue weighted by Crippen LogP contribution is -2.43. The summed E-state index contributed by atoms with van der Waals surface area (Å²) < 4.78 is 0. The fourth-order valence-corrected chi connectivity index (χ4v) is 4.59. The number of carboxylic acids is 1. The fourth-order valence-electron chi connectivity index (χ4n) is 4.59. The van der Waals surface area contributed by atoms with Gasteiger partial charge in [-0.1, -0.05) is 81.4 Å². The maximum atomic E-state index is 13.8. The molecule has 2 unspecified atom stereocenters. The van der Waals surface area contributed by atoms with Crippen LogP contribution >= 0.6 is 0 Å². The zero-order valence-corrected chi connectivity index (χ0v) is 19.7. The minimum absolute atomic E-state index is 0.0483. The molecule has 0 spiro atoms. The summed E-state index contributed by atoms with van der Waals surface area (Å²) in [5.74, 6) is -1.58. The Morgan fingerprint density at radius 1 is 1.03 bits per heavy atom. The van der Waals surface area contributed by atoms with E-state index in [2.05, 4.69) is 25.7 Å². The summed E-state index contributed by atoms with van der Waals surface area (Å²) in [6, 6.07) is 18.5. The lowest BCUT2D eigenvalue weighted by Gasteiger charge is -2.28. The van der Waals surface area contributed by atoms with Gasteiger partial charge in [-0.05, 0) is 49.4 Å². The molecule has 172 valence electrons. The van der Waals surface area contributed by atoms with E-state index in [0.29, 0.717) is 13.0 Å². The van der Waals surface area contributed by atoms with Crippen molar-refractivity contribution in [3.63, 3.8) is 0 Å². The number of amides is 1. The van der Waals surface area contributed by atoms with Gasteiger partial charge in [-0.2, -0.15) is 0 Å². The van der Waals surface area contributed by atoms with E-state index in [1.54, 1.807) is 4.90 Å². The molecule has 0 saturated carbocycles. The van der Waals surface area contributed by atoms with E-state index in [4.69, 9.17) is 0 Å². The number of likely N-dealkylation sites (N-methyl/N-ethyl adjacent to an activating group) is 1. The maximum Gasteiger partial charge on any atom is 0.326 e. The van der Waals surface area contributed by atoms with E-state index in [-0.39, 0.29) is 17.4 Å². The monoisotopic (exact) mass is 436 g/mol. The predicted molar refractivity (Wildman–Crippen MR) is 128 cm³/mol. The quantitative estimate of drug-likeness (QED) is 0.655. The zero-order valence-electron chi connectivity index (χ0n) is 19.7. The van der Waals surface area contributed by atoms with Crippen molar-refractivity contribution in [2.24, 2.45) is 5.41 Å². The van der Waals surface area contributed by atoms with Crippen LogP contribution in [0.4, 0.5) is 0 Å². The maximum absolute atomic E-state index is 13.8. The standard InChI is InChI=1S/C27H36N2O3/c1-27(2,3)16-11-17-28(4)22-18-23(26(31)32)29(19-22)25(30)24(20-12-7-5-8-13-20)21-14-9-6-10-15-21/h5-10,12-15,22-24H,11,16-19H2,1-4H3,(H,31,32). The van der Waals surface area contributed by atoms with Crippen molar-refractivity contribution in [1.82, 2.24) is 9.80 Å². The van der Waals surface area contributed by atoms with E-state index in [1.165, 1.54) is 0 Å². The lowest BCUT2D eigenvalue weighted by molar-refractivity contribution is -0.148. The number of likely N-dealkylation sites (tertiary alicyclic amines) is 1. The Morgan fingerprint density at radius 2 is 1.56 bits per heavy atom. The van der Waals surface area contributed by atoms with Gasteiger partial charge in [0, 0.05) is 12.6 Å². The summed E-state index contributed by atoms with van der Waals surface area (Å²) in [5.41, 5.74) is 2.05. The Hall–Kier alpha value is -2.66. The van der Waals surface area contributed by atoms with Crippen LogP contribution in [-0.4, -0.2) is 59.0 Å². The Kier molecular flexibility index (Phi) is 7.73. The highest BCUT2D eigenvalue weighted by Crippen LogP contribution is 2.32. The van der Waals surface area contributed by atoms with Crippen LogP contribution in [0.5, 0.6) is 0 Å². The first-order valence-corrected chi connectivity index (χ1v) is 11.5. The average molecular weight is 437 g/mol. The molecule has 0 bridgehead atoms. The first kappa shape index (κ1) is 24.0. The van der Waals surface area contributed by atoms with E-state index >= 15 is 0 Å². The molecule has 5 nitrogen and oxygen atoms in total. The highest BCUT2D eigenvalue weighted by Gasteiger charge is 2.43. The molecular weight excluding hydrogens is 400 g/mol. The molecule has 2 aromatic carbocycles. The minimum atomic E-state index is -0.927. The Labute approximate surface area is 192 Å². The van der Waals surface area contributed by atoms with Crippen LogP contribution in [-0.2, 0) is 9.59 Å². The summed E-state index contributed by atoms with van der Waals surface area (Å²) >= 11 is 0. The normalized spacial score (nSPS) is 19.0. The van der Waals surface area contributed by atoms with Crippen LogP contribution in [0.3, 0.4) is 0 Å². The molecule has 1 saturated heterocycles. The molecule has 1 fully saturated rings. The number of benzene rings is 2. The van der Waals surface area contributed by atoms with Gasteiger partial charge < -0.3 is 14.9 Å². The molecule has 1 heterocycles. The number of aliphatic carboxylic acids is 1. The second kappa shape index (κ2) is 10.3. The van der Waals surface area contributed by atoms with Gasteiger partial charge in [-0.15, -0.1) is 0 Å². The third-order valence-corrected chi connectivity index (χ3v) is 6.42. The number of hydrogen-bond donors (Lipinski definition) is 1. The van der Waals surface area contributed by atoms with E-state index in [0.717, 1.165) is 30.5 Å². The highest BCUT2D eigenvalue weighted by atomic mass is 16.4. The molecule has 2 aromatic rings. The second-order valence-corrected chi connectivity index (χ2v) is 10.1. The van der Waals surface area contributed by atoms with Crippen LogP contribution < -0.4 is 0 Å². The van der Waals surface area contributed by atoms with Gasteiger partial charge in [0.15, 0.2) is 0 Å². The van der Waals surface area contributed by atoms with E-state index in [1.807, 2.05) is 67.7 Å². The summed E-state index contributed by atoms with van der Waals surface area (Å²) in [6.45, 7) is 8.04. The Bertz CT molecular complexity index is 853. The lowest BCUT2D eigenvalue weighted by atomic mass is 9.90. The van der Waals surface area contributed by atoms with Gasteiger partial charge in [0.2, 0.25) is 5.91 Å².